The molecule has 0 amide bonds. The molecule has 8 nitrogen and oxygen atoms in total. The number of nitrogens with zero attached hydrogens (tertiary/aromatic N) is 2. The van der Waals surface area contributed by atoms with Crippen molar-refractivity contribution in [3.8, 4) is 34.5 Å². The van der Waals surface area contributed by atoms with Crippen molar-refractivity contribution in [3.05, 3.63) is 35.9 Å². The van der Waals surface area contributed by atoms with E-state index in [0.717, 1.165) is 5.39 Å². The number of pyridine rings is 2. The summed E-state index contributed by atoms with van der Waals surface area (Å²) in [6, 6.07) is 8.63. The summed E-state index contributed by atoms with van der Waals surface area (Å²) in [5, 5.41) is 0.737. The molecular formula is C20H20N2O6. The number of carbonyl (C=O) groups is 1. The number of ether oxygens (including phenoxy) is 5. The minimum absolute atomic E-state index is 0.158. The lowest BCUT2D eigenvalue weighted by Gasteiger charge is -2.14. The molecule has 8 heteroatoms. The zero-order valence-electron chi connectivity index (χ0n) is 16.2. The molecule has 146 valence electrons. The average molecular weight is 384 g/mol. The maximum Gasteiger partial charge on any atom is 0.343 e. The summed E-state index contributed by atoms with van der Waals surface area (Å²) in [5.74, 6) is 1.27. The van der Waals surface area contributed by atoms with Gasteiger partial charge in [-0.25, -0.2) is 14.8 Å². The van der Waals surface area contributed by atoms with Gasteiger partial charge in [-0.2, -0.15) is 0 Å². The number of hydrogen-bond acceptors (Lipinski definition) is 8. The van der Waals surface area contributed by atoms with Crippen molar-refractivity contribution in [2.45, 2.75) is 0 Å². The van der Waals surface area contributed by atoms with Crippen molar-refractivity contribution in [1.82, 2.24) is 9.97 Å². The molecule has 0 atom stereocenters. The number of methoxy groups -OCH3 is 5. The van der Waals surface area contributed by atoms with Gasteiger partial charge < -0.3 is 23.7 Å². The van der Waals surface area contributed by atoms with Crippen LogP contribution in [0.4, 0.5) is 0 Å². The van der Waals surface area contributed by atoms with Gasteiger partial charge in [0.05, 0.1) is 52.3 Å². The third-order valence-electron chi connectivity index (χ3n) is 4.22. The first kappa shape index (κ1) is 19.2. The molecule has 0 aliphatic rings. The Morgan fingerprint density at radius 1 is 0.786 bits per heavy atom. The predicted molar refractivity (Wildman–Crippen MR) is 103 cm³/mol. The van der Waals surface area contributed by atoms with E-state index in [0.29, 0.717) is 34.2 Å². The maximum atomic E-state index is 11.8. The quantitative estimate of drug-likeness (QED) is 0.599. The highest BCUT2D eigenvalue weighted by Gasteiger charge is 2.19. The van der Waals surface area contributed by atoms with E-state index in [9.17, 15) is 4.79 Å². The maximum absolute atomic E-state index is 11.8. The lowest BCUT2D eigenvalue weighted by molar-refractivity contribution is 0.0596. The van der Waals surface area contributed by atoms with Crippen molar-refractivity contribution < 1.29 is 28.5 Å². The summed E-state index contributed by atoms with van der Waals surface area (Å²) in [6.07, 6.45) is 0. The Kier molecular flexibility index (Phi) is 5.49. The van der Waals surface area contributed by atoms with Crippen LogP contribution < -0.4 is 18.9 Å². The Morgan fingerprint density at radius 2 is 1.46 bits per heavy atom. The fraction of sp³-hybridized carbons (Fsp3) is 0.250. The van der Waals surface area contributed by atoms with Gasteiger partial charge in [0.1, 0.15) is 16.8 Å². The molecule has 0 aliphatic heterocycles. The smallest absolute Gasteiger partial charge is 0.343 e. The van der Waals surface area contributed by atoms with Gasteiger partial charge in [-0.05, 0) is 24.3 Å². The Balaban J connectivity index is 2.18. The molecule has 0 spiro atoms. The number of aromatic nitrogens is 2. The first-order valence-electron chi connectivity index (χ1n) is 8.31. The standard InChI is InChI=1S/C20H20N2O6/c1-24-15-10-16(25-2)18(26-3)11-6-8-13(21-17(11)15)14-9-7-12(20(23)28-5)19(22-14)27-4/h6-10H,1-5H3. The third-order valence-corrected chi connectivity index (χ3v) is 4.22. The minimum Gasteiger partial charge on any atom is -0.494 e. The number of esters is 1. The van der Waals surface area contributed by atoms with Crippen LogP contribution >= 0.6 is 0 Å². The van der Waals surface area contributed by atoms with E-state index in [4.69, 9.17) is 23.7 Å². The molecule has 1 aromatic carbocycles. The van der Waals surface area contributed by atoms with E-state index >= 15 is 0 Å². The van der Waals surface area contributed by atoms with Gasteiger partial charge in [0, 0.05) is 6.07 Å². The first-order chi connectivity index (χ1) is 13.6. The van der Waals surface area contributed by atoms with Gasteiger partial charge in [0.15, 0.2) is 11.5 Å². The van der Waals surface area contributed by atoms with Crippen molar-refractivity contribution in [2.75, 3.05) is 35.5 Å². The van der Waals surface area contributed by atoms with E-state index in [1.165, 1.54) is 14.2 Å². The normalized spacial score (nSPS) is 10.5. The fourth-order valence-electron chi connectivity index (χ4n) is 2.88. The minimum atomic E-state index is -0.527. The highest BCUT2D eigenvalue weighted by atomic mass is 16.5. The zero-order chi connectivity index (χ0) is 20.3. The monoisotopic (exact) mass is 384 g/mol. The second-order valence-electron chi connectivity index (χ2n) is 5.65. The Bertz CT molecular complexity index is 1030. The third kappa shape index (κ3) is 3.24. The molecule has 2 heterocycles. The molecule has 3 rings (SSSR count). The second kappa shape index (κ2) is 7.99. The van der Waals surface area contributed by atoms with Crippen LogP contribution in [0.2, 0.25) is 0 Å². The van der Waals surface area contributed by atoms with Crippen LogP contribution in [0.25, 0.3) is 22.3 Å². The van der Waals surface area contributed by atoms with Crippen LogP contribution in [-0.2, 0) is 4.74 Å². The van der Waals surface area contributed by atoms with Gasteiger partial charge >= 0.3 is 5.97 Å². The van der Waals surface area contributed by atoms with Gasteiger partial charge in [0.25, 0.3) is 0 Å². The molecule has 3 aromatic rings. The fourth-order valence-corrected chi connectivity index (χ4v) is 2.88. The van der Waals surface area contributed by atoms with Gasteiger partial charge in [-0.3, -0.25) is 0 Å². The molecule has 2 aromatic heterocycles. The Hall–Kier alpha value is -3.55. The van der Waals surface area contributed by atoms with Crippen LogP contribution in [0.15, 0.2) is 30.3 Å². The lowest BCUT2D eigenvalue weighted by atomic mass is 10.1. The number of rotatable bonds is 6. The molecule has 0 unspecified atom stereocenters. The first-order valence-corrected chi connectivity index (χ1v) is 8.31. The molecule has 0 fully saturated rings. The summed E-state index contributed by atoms with van der Waals surface area (Å²) >= 11 is 0. The van der Waals surface area contributed by atoms with Crippen molar-refractivity contribution >= 4 is 16.9 Å². The summed E-state index contributed by atoms with van der Waals surface area (Å²) in [5.41, 5.74) is 1.94. The van der Waals surface area contributed by atoms with Crippen LogP contribution in [0, 0.1) is 0 Å². The SMILES string of the molecule is COC(=O)c1ccc(-c2ccc3c(OC)c(OC)cc(OC)c3n2)nc1OC. The van der Waals surface area contributed by atoms with Crippen LogP contribution in [0.1, 0.15) is 10.4 Å². The van der Waals surface area contributed by atoms with Crippen LogP contribution in [0.3, 0.4) is 0 Å². The zero-order valence-corrected chi connectivity index (χ0v) is 16.2. The number of carbonyl (C=O) groups excluding carboxylic acids is 1. The average Bonchev–Trinajstić information content (AvgIpc) is 2.76. The van der Waals surface area contributed by atoms with E-state index in [1.807, 2.05) is 6.07 Å². The van der Waals surface area contributed by atoms with Crippen LogP contribution in [-0.4, -0.2) is 51.5 Å². The molecule has 0 bridgehead atoms. The molecular weight excluding hydrogens is 364 g/mol. The second-order valence-corrected chi connectivity index (χ2v) is 5.65. The molecule has 0 saturated heterocycles. The van der Waals surface area contributed by atoms with Crippen molar-refractivity contribution in [2.24, 2.45) is 0 Å². The van der Waals surface area contributed by atoms with Gasteiger partial charge in [0.2, 0.25) is 5.88 Å². The number of fused-ring (bicyclic) bond motifs is 1. The number of benzene rings is 1. The number of hydrogen-bond donors (Lipinski definition) is 0. The van der Waals surface area contributed by atoms with Crippen LogP contribution in [0.5, 0.6) is 23.1 Å². The highest BCUT2D eigenvalue weighted by molar-refractivity contribution is 5.94. The summed E-state index contributed by atoms with van der Waals surface area (Å²) in [7, 11) is 7.42. The Morgan fingerprint density at radius 3 is 2.07 bits per heavy atom. The Labute approximate surface area is 162 Å². The van der Waals surface area contributed by atoms with Crippen molar-refractivity contribution in [3.63, 3.8) is 0 Å². The van der Waals surface area contributed by atoms with E-state index in [2.05, 4.69) is 9.97 Å². The summed E-state index contributed by atoms with van der Waals surface area (Å²) in [4.78, 5) is 20.9. The molecule has 0 aliphatic carbocycles. The highest BCUT2D eigenvalue weighted by Crippen LogP contribution is 2.41. The van der Waals surface area contributed by atoms with E-state index in [1.54, 1.807) is 45.6 Å². The van der Waals surface area contributed by atoms with E-state index < -0.39 is 5.97 Å². The van der Waals surface area contributed by atoms with Gasteiger partial charge in [-0.15, -0.1) is 0 Å². The molecule has 0 radical (unpaired) electrons. The predicted octanol–water partition coefficient (Wildman–Crippen LogP) is 3.12. The summed E-state index contributed by atoms with van der Waals surface area (Å²) < 4.78 is 26.3. The lowest BCUT2D eigenvalue weighted by Crippen LogP contribution is -2.06. The molecule has 0 N–H and O–H groups in total. The molecule has 0 saturated carbocycles. The summed E-state index contributed by atoms with van der Waals surface area (Å²) in [6.45, 7) is 0. The topological polar surface area (TPSA) is 89.0 Å². The van der Waals surface area contributed by atoms with Crippen molar-refractivity contribution in [1.29, 1.82) is 0 Å². The van der Waals surface area contributed by atoms with Gasteiger partial charge in [-0.1, -0.05) is 0 Å². The molecule has 28 heavy (non-hydrogen) atoms. The van der Waals surface area contributed by atoms with E-state index in [-0.39, 0.29) is 11.4 Å². The largest absolute Gasteiger partial charge is 0.494 e.